The van der Waals surface area contributed by atoms with Gasteiger partial charge in [0.1, 0.15) is 5.82 Å². The number of amides is 1. The average Bonchev–Trinajstić information content (AvgIpc) is 2.51. The molecule has 1 aromatic carbocycles. The number of nitrogens with zero attached hydrogens (tertiary/aromatic N) is 3. The van der Waals surface area contributed by atoms with Gasteiger partial charge < -0.3 is 4.90 Å². The smallest absolute Gasteiger partial charge is 0.253 e. The third-order valence-electron chi connectivity index (χ3n) is 4.21. The summed E-state index contributed by atoms with van der Waals surface area (Å²) in [5, 5.41) is 0. The fraction of sp³-hybridized carbons (Fsp3) is 0.421. The predicted molar refractivity (Wildman–Crippen MR) is 98.4 cm³/mol. The van der Waals surface area contributed by atoms with Gasteiger partial charge in [-0.1, -0.05) is 19.1 Å². The molecule has 1 fully saturated rings. The summed E-state index contributed by atoms with van der Waals surface area (Å²) in [5.74, 6) is 3.33. The molecule has 0 aliphatic carbocycles. The van der Waals surface area contributed by atoms with Gasteiger partial charge in [-0.05, 0) is 43.4 Å². The second-order valence-corrected chi connectivity index (χ2v) is 7.52. The topological polar surface area (TPSA) is 46.1 Å². The molecule has 2 heterocycles. The van der Waals surface area contributed by atoms with Crippen LogP contribution in [0.1, 0.15) is 46.0 Å². The van der Waals surface area contributed by atoms with E-state index in [1.807, 2.05) is 48.7 Å². The first-order valence-electron chi connectivity index (χ1n) is 8.35. The van der Waals surface area contributed by atoms with Gasteiger partial charge in [0.2, 0.25) is 0 Å². The van der Waals surface area contributed by atoms with Crippen LogP contribution in [0.25, 0.3) is 0 Å². The molecular formula is C19H23N3OS. The Hall–Kier alpha value is -1.88. The van der Waals surface area contributed by atoms with Crippen molar-refractivity contribution in [2.75, 3.05) is 18.8 Å². The van der Waals surface area contributed by atoms with Gasteiger partial charge in [0, 0.05) is 35.8 Å². The molecule has 24 heavy (non-hydrogen) atoms. The van der Waals surface area contributed by atoms with Crippen LogP contribution in [0.3, 0.4) is 0 Å². The van der Waals surface area contributed by atoms with Crippen molar-refractivity contribution in [2.45, 2.75) is 32.4 Å². The molecule has 0 atom stereocenters. The van der Waals surface area contributed by atoms with E-state index in [-0.39, 0.29) is 11.8 Å². The Bertz CT molecular complexity index is 704. The molecule has 0 radical (unpaired) electrons. The largest absolute Gasteiger partial charge is 0.337 e. The number of carbonyl (C=O) groups excluding carboxylic acids is 1. The lowest BCUT2D eigenvalue weighted by atomic mass is 9.97. The lowest BCUT2D eigenvalue weighted by molar-refractivity contribution is 0.0594. The standard InChI is InChI=1S/C19H23N3OS/c1-4-24-12-15-5-7-16(8-6-15)19(23)22-10-17(11-22)18-20-13(2)9-14(3)21-18/h5-9,17H,4,10-12H2,1-3H3. The van der Waals surface area contributed by atoms with Crippen LogP contribution in [0.5, 0.6) is 0 Å². The monoisotopic (exact) mass is 341 g/mol. The number of aromatic nitrogens is 2. The van der Waals surface area contributed by atoms with E-state index in [4.69, 9.17) is 0 Å². The van der Waals surface area contributed by atoms with E-state index in [2.05, 4.69) is 29.0 Å². The van der Waals surface area contributed by atoms with Crippen LogP contribution >= 0.6 is 11.8 Å². The van der Waals surface area contributed by atoms with Gasteiger partial charge >= 0.3 is 0 Å². The quantitative estimate of drug-likeness (QED) is 0.834. The minimum atomic E-state index is 0.102. The first kappa shape index (κ1) is 17.0. The number of likely N-dealkylation sites (tertiary alicyclic amines) is 1. The lowest BCUT2D eigenvalue weighted by Gasteiger charge is -2.38. The van der Waals surface area contributed by atoms with Crippen molar-refractivity contribution in [3.8, 4) is 0 Å². The molecule has 1 saturated heterocycles. The van der Waals surface area contributed by atoms with Gasteiger partial charge in [0.05, 0.1) is 5.92 Å². The van der Waals surface area contributed by atoms with Crippen LogP contribution in [0.15, 0.2) is 30.3 Å². The summed E-state index contributed by atoms with van der Waals surface area (Å²) in [4.78, 5) is 23.4. The Kier molecular flexibility index (Phi) is 5.19. The Morgan fingerprint density at radius 3 is 2.38 bits per heavy atom. The molecule has 0 unspecified atom stereocenters. The molecule has 5 heteroatoms. The number of rotatable bonds is 5. The van der Waals surface area contributed by atoms with Gasteiger partial charge in [-0.2, -0.15) is 11.8 Å². The fourth-order valence-corrected chi connectivity index (χ4v) is 3.52. The van der Waals surface area contributed by atoms with Crippen LogP contribution < -0.4 is 0 Å². The van der Waals surface area contributed by atoms with Gasteiger partial charge in [-0.15, -0.1) is 0 Å². The van der Waals surface area contributed by atoms with E-state index in [9.17, 15) is 4.79 Å². The highest BCUT2D eigenvalue weighted by molar-refractivity contribution is 7.98. The number of benzene rings is 1. The molecule has 2 aromatic rings. The van der Waals surface area contributed by atoms with E-state index in [1.165, 1.54) is 5.56 Å². The van der Waals surface area contributed by atoms with Crippen LogP contribution in [0, 0.1) is 13.8 Å². The summed E-state index contributed by atoms with van der Waals surface area (Å²) in [7, 11) is 0. The number of thioether (sulfide) groups is 1. The average molecular weight is 341 g/mol. The van der Waals surface area contributed by atoms with E-state index in [0.717, 1.165) is 34.3 Å². The Labute approximate surface area is 147 Å². The van der Waals surface area contributed by atoms with Gasteiger partial charge in [0.25, 0.3) is 5.91 Å². The molecule has 0 saturated carbocycles. The van der Waals surface area contributed by atoms with Gasteiger partial charge in [0.15, 0.2) is 0 Å². The fourth-order valence-electron chi connectivity index (χ4n) is 2.89. The summed E-state index contributed by atoms with van der Waals surface area (Å²) in [5.41, 5.74) is 4.01. The van der Waals surface area contributed by atoms with Crippen molar-refractivity contribution in [1.82, 2.24) is 14.9 Å². The highest BCUT2D eigenvalue weighted by Crippen LogP contribution is 2.26. The normalized spacial score (nSPS) is 14.5. The van der Waals surface area contributed by atoms with Gasteiger partial charge in [-0.3, -0.25) is 4.79 Å². The van der Waals surface area contributed by atoms with Gasteiger partial charge in [-0.25, -0.2) is 9.97 Å². The van der Waals surface area contributed by atoms with Crippen molar-refractivity contribution in [1.29, 1.82) is 0 Å². The molecule has 0 spiro atoms. The molecule has 3 rings (SSSR count). The zero-order chi connectivity index (χ0) is 17.1. The summed E-state index contributed by atoms with van der Waals surface area (Å²) < 4.78 is 0. The number of carbonyl (C=O) groups is 1. The molecule has 126 valence electrons. The van der Waals surface area contributed by atoms with Crippen LogP contribution in [-0.4, -0.2) is 39.6 Å². The third kappa shape index (κ3) is 3.78. The van der Waals surface area contributed by atoms with E-state index in [1.54, 1.807) is 0 Å². The second-order valence-electron chi connectivity index (χ2n) is 6.25. The van der Waals surface area contributed by atoms with Crippen molar-refractivity contribution < 1.29 is 4.79 Å². The Balaban J connectivity index is 1.60. The van der Waals surface area contributed by atoms with E-state index < -0.39 is 0 Å². The third-order valence-corrected chi connectivity index (χ3v) is 5.15. The maximum atomic E-state index is 12.5. The van der Waals surface area contributed by atoms with Crippen molar-refractivity contribution in [2.24, 2.45) is 0 Å². The summed E-state index contributed by atoms with van der Waals surface area (Å²) in [6, 6.07) is 9.97. The highest BCUT2D eigenvalue weighted by atomic mass is 32.2. The maximum absolute atomic E-state index is 12.5. The van der Waals surface area contributed by atoms with Crippen LogP contribution in [0.4, 0.5) is 0 Å². The first-order chi connectivity index (χ1) is 11.6. The predicted octanol–water partition coefficient (Wildman–Crippen LogP) is 3.59. The maximum Gasteiger partial charge on any atom is 0.253 e. The van der Waals surface area contributed by atoms with Crippen molar-refractivity contribution in [3.05, 3.63) is 58.7 Å². The Morgan fingerprint density at radius 1 is 1.17 bits per heavy atom. The van der Waals surface area contributed by atoms with E-state index in [0.29, 0.717) is 13.1 Å². The first-order valence-corrected chi connectivity index (χ1v) is 9.50. The van der Waals surface area contributed by atoms with E-state index >= 15 is 0 Å². The molecule has 0 N–H and O–H groups in total. The summed E-state index contributed by atoms with van der Waals surface area (Å²) in [6.07, 6.45) is 0. The molecule has 1 aliphatic rings. The molecule has 1 amide bonds. The molecular weight excluding hydrogens is 318 g/mol. The van der Waals surface area contributed by atoms with Crippen LogP contribution in [0.2, 0.25) is 0 Å². The zero-order valence-electron chi connectivity index (χ0n) is 14.5. The molecule has 0 bridgehead atoms. The molecule has 1 aliphatic heterocycles. The second kappa shape index (κ2) is 7.34. The molecule has 1 aromatic heterocycles. The summed E-state index contributed by atoms with van der Waals surface area (Å²) >= 11 is 1.89. The number of hydrogen-bond donors (Lipinski definition) is 0. The van der Waals surface area contributed by atoms with Crippen molar-refractivity contribution >= 4 is 17.7 Å². The minimum Gasteiger partial charge on any atom is -0.337 e. The van der Waals surface area contributed by atoms with Crippen LogP contribution in [-0.2, 0) is 5.75 Å². The Morgan fingerprint density at radius 2 is 1.79 bits per heavy atom. The van der Waals surface area contributed by atoms with Crippen molar-refractivity contribution in [3.63, 3.8) is 0 Å². The minimum absolute atomic E-state index is 0.102. The SMILES string of the molecule is CCSCc1ccc(C(=O)N2CC(c3nc(C)cc(C)n3)C2)cc1. The summed E-state index contributed by atoms with van der Waals surface area (Å²) in [6.45, 7) is 7.53. The number of hydrogen-bond acceptors (Lipinski definition) is 4. The lowest BCUT2D eigenvalue weighted by Crippen LogP contribution is -2.49. The molecule has 4 nitrogen and oxygen atoms in total. The zero-order valence-corrected chi connectivity index (χ0v) is 15.3. The highest BCUT2D eigenvalue weighted by Gasteiger charge is 2.34. The number of aryl methyl sites for hydroxylation is 2.